The van der Waals surface area contributed by atoms with Gasteiger partial charge in [0.15, 0.2) is 0 Å². The topological polar surface area (TPSA) is 65.1 Å². The number of rotatable bonds is 4. The molecule has 4 heteroatoms. The van der Waals surface area contributed by atoms with Gasteiger partial charge in [0.2, 0.25) is 0 Å². The molecule has 3 N–H and O–H groups in total. The molecule has 3 rings (SSSR count). The number of aliphatic hydroxyl groups is 1. The van der Waals surface area contributed by atoms with Crippen LogP contribution in [0.5, 0.6) is 0 Å². The summed E-state index contributed by atoms with van der Waals surface area (Å²) in [4.78, 5) is 14.8. The lowest BCUT2D eigenvalue weighted by atomic mass is 9.82. The van der Waals surface area contributed by atoms with Crippen LogP contribution in [0.15, 0.2) is 35.1 Å². The Hall–Kier alpha value is -1.65. The number of para-hydroxylation sites is 1. The number of aromatic nitrogens is 1. The van der Waals surface area contributed by atoms with Crippen LogP contribution >= 0.6 is 0 Å². The molecule has 0 atom stereocenters. The minimum atomic E-state index is -0.115. The number of hydrogen-bond donors (Lipinski definition) is 3. The molecule has 0 radical (unpaired) electrons. The monoisotopic (exact) mass is 258 g/mol. The van der Waals surface area contributed by atoms with Gasteiger partial charge in [-0.2, -0.15) is 0 Å². The fourth-order valence-corrected chi connectivity index (χ4v) is 2.60. The highest BCUT2D eigenvalue weighted by atomic mass is 16.3. The third-order valence-corrected chi connectivity index (χ3v) is 3.79. The summed E-state index contributed by atoms with van der Waals surface area (Å²) in [5, 5.41) is 13.6. The number of H-pyrrole nitrogens is 1. The van der Waals surface area contributed by atoms with Gasteiger partial charge in [-0.05, 0) is 42.8 Å². The van der Waals surface area contributed by atoms with Crippen LogP contribution in [0.2, 0.25) is 0 Å². The third-order valence-electron chi connectivity index (χ3n) is 3.79. The van der Waals surface area contributed by atoms with Crippen molar-refractivity contribution in [1.29, 1.82) is 0 Å². The van der Waals surface area contributed by atoms with Gasteiger partial charge in [0, 0.05) is 17.6 Å². The van der Waals surface area contributed by atoms with E-state index in [0.29, 0.717) is 12.5 Å². The summed E-state index contributed by atoms with van der Waals surface area (Å²) in [5.41, 5.74) is 1.61. The Kier molecular flexibility index (Phi) is 3.36. The third kappa shape index (κ3) is 2.69. The molecule has 1 heterocycles. The first-order valence-corrected chi connectivity index (χ1v) is 6.72. The minimum absolute atomic E-state index is 0.0279. The summed E-state index contributed by atoms with van der Waals surface area (Å²) in [5.74, 6) is 0.550. The fourth-order valence-electron chi connectivity index (χ4n) is 2.60. The molecule has 19 heavy (non-hydrogen) atoms. The summed E-state index contributed by atoms with van der Waals surface area (Å²) in [6.45, 7) is 1.44. The van der Waals surface area contributed by atoms with Gasteiger partial charge in [-0.3, -0.25) is 4.79 Å². The van der Waals surface area contributed by atoms with Crippen LogP contribution in [-0.2, 0) is 6.54 Å². The maximum Gasteiger partial charge on any atom is 0.252 e. The Morgan fingerprint density at radius 2 is 2.11 bits per heavy atom. The first-order chi connectivity index (χ1) is 9.22. The smallest absolute Gasteiger partial charge is 0.252 e. The van der Waals surface area contributed by atoms with E-state index in [2.05, 4.69) is 10.3 Å². The molecule has 0 amide bonds. The number of hydrogen-bond acceptors (Lipinski definition) is 3. The van der Waals surface area contributed by atoms with E-state index in [4.69, 9.17) is 0 Å². The van der Waals surface area contributed by atoms with Gasteiger partial charge in [-0.1, -0.05) is 18.2 Å². The van der Waals surface area contributed by atoms with Crippen molar-refractivity contribution in [3.63, 3.8) is 0 Å². The molecule has 1 fully saturated rings. The molecule has 4 nitrogen and oxygen atoms in total. The highest BCUT2D eigenvalue weighted by Gasteiger charge is 2.26. The molecule has 0 saturated heterocycles. The Morgan fingerprint density at radius 3 is 2.89 bits per heavy atom. The molecule has 1 saturated carbocycles. The Balaban J connectivity index is 1.67. The van der Waals surface area contributed by atoms with E-state index >= 15 is 0 Å². The van der Waals surface area contributed by atoms with Crippen molar-refractivity contribution < 1.29 is 5.11 Å². The van der Waals surface area contributed by atoms with Gasteiger partial charge in [-0.15, -0.1) is 0 Å². The van der Waals surface area contributed by atoms with Gasteiger partial charge >= 0.3 is 0 Å². The van der Waals surface area contributed by atoms with Crippen LogP contribution < -0.4 is 10.9 Å². The Labute approximate surface area is 111 Å². The zero-order chi connectivity index (χ0) is 13.2. The van der Waals surface area contributed by atoms with Crippen LogP contribution in [-0.4, -0.2) is 22.7 Å². The zero-order valence-corrected chi connectivity index (χ0v) is 10.7. The predicted octanol–water partition coefficient (Wildman–Crippen LogP) is 1.39. The summed E-state index contributed by atoms with van der Waals surface area (Å²) in [6.07, 6.45) is 1.64. The average molecular weight is 258 g/mol. The lowest BCUT2D eigenvalue weighted by molar-refractivity contribution is 0.0429. The fraction of sp³-hybridized carbons (Fsp3) is 0.400. The van der Waals surface area contributed by atoms with E-state index in [1.807, 2.05) is 30.3 Å². The second-order valence-corrected chi connectivity index (χ2v) is 5.33. The van der Waals surface area contributed by atoms with Crippen molar-refractivity contribution in [2.75, 3.05) is 6.54 Å². The Bertz CT molecular complexity index is 629. The second-order valence-electron chi connectivity index (χ2n) is 5.33. The number of aliphatic hydroxyl groups excluding tert-OH is 1. The van der Waals surface area contributed by atoms with Crippen LogP contribution in [0.3, 0.4) is 0 Å². The molecule has 1 aromatic heterocycles. The Morgan fingerprint density at radius 1 is 1.32 bits per heavy atom. The maximum atomic E-state index is 11.9. The molecular weight excluding hydrogens is 240 g/mol. The molecule has 0 unspecified atom stereocenters. The first-order valence-electron chi connectivity index (χ1n) is 6.72. The summed E-state index contributed by atoms with van der Waals surface area (Å²) in [6, 6.07) is 9.73. The van der Waals surface area contributed by atoms with Crippen molar-refractivity contribution in [2.45, 2.75) is 25.5 Å². The molecule has 1 aliphatic rings. The summed E-state index contributed by atoms with van der Waals surface area (Å²) in [7, 11) is 0. The van der Waals surface area contributed by atoms with Crippen molar-refractivity contribution in [3.8, 4) is 0 Å². The van der Waals surface area contributed by atoms with Crippen molar-refractivity contribution in [2.24, 2.45) is 5.92 Å². The van der Waals surface area contributed by atoms with Crippen molar-refractivity contribution in [3.05, 3.63) is 46.2 Å². The molecule has 100 valence electrons. The highest BCUT2D eigenvalue weighted by Crippen LogP contribution is 2.26. The number of pyridine rings is 1. The lowest BCUT2D eigenvalue weighted by Crippen LogP contribution is -2.36. The normalized spacial score (nSPS) is 22.4. The summed E-state index contributed by atoms with van der Waals surface area (Å²) < 4.78 is 0. The van der Waals surface area contributed by atoms with Crippen molar-refractivity contribution in [1.82, 2.24) is 10.3 Å². The maximum absolute atomic E-state index is 11.9. The van der Waals surface area contributed by atoms with Crippen LogP contribution in [0.25, 0.3) is 10.9 Å². The van der Waals surface area contributed by atoms with E-state index in [0.717, 1.165) is 35.9 Å². The number of nitrogens with one attached hydrogen (secondary N) is 2. The lowest BCUT2D eigenvalue weighted by Gasteiger charge is -2.31. The molecule has 0 aliphatic heterocycles. The zero-order valence-electron chi connectivity index (χ0n) is 10.7. The van der Waals surface area contributed by atoms with E-state index in [1.54, 1.807) is 0 Å². The van der Waals surface area contributed by atoms with Crippen molar-refractivity contribution >= 4 is 10.9 Å². The van der Waals surface area contributed by atoms with Crippen LogP contribution in [0.4, 0.5) is 0 Å². The van der Waals surface area contributed by atoms with E-state index in [9.17, 15) is 9.90 Å². The molecule has 1 aromatic carbocycles. The van der Waals surface area contributed by atoms with Gasteiger partial charge in [0.1, 0.15) is 0 Å². The molecule has 1 aliphatic carbocycles. The number of fused-ring (bicyclic) bond motifs is 1. The number of aromatic amines is 1. The largest absolute Gasteiger partial charge is 0.393 e. The number of benzene rings is 1. The second kappa shape index (κ2) is 5.15. The molecular formula is C15H18N2O2. The van der Waals surface area contributed by atoms with E-state index < -0.39 is 0 Å². The average Bonchev–Trinajstić information content (AvgIpc) is 2.37. The summed E-state index contributed by atoms with van der Waals surface area (Å²) >= 11 is 0. The first kappa shape index (κ1) is 12.4. The van der Waals surface area contributed by atoms with E-state index in [1.165, 1.54) is 0 Å². The van der Waals surface area contributed by atoms with Gasteiger partial charge in [-0.25, -0.2) is 0 Å². The van der Waals surface area contributed by atoms with Crippen LogP contribution in [0, 0.1) is 5.92 Å². The standard InChI is InChI=1S/C15H18N2O2/c18-13-5-10(6-13)8-16-9-12-7-11-3-1-2-4-14(11)17-15(12)19/h1-4,7,10,13,16,18H,5-6,8-9H2,(H,17,19). The van der Waals surface area contributed by atoms with Gasteiger partial charge in [0.25, 0.3) is 5.56 Å². The predicted molar refractivity (Wildman–Crippen MR) is 75.0 cm³/mol. The van der Waals surface area contributed by atoms with Crippen LogP contribution in [0.1, 0.15) is 18.4 Å². The van der Waals surface area contributed by atoms with Gasteiger partial charge in [0.05, 0.1) is 6.10 Å². The molecule has 2 aromatic rings. The molecule has 0 spiro atoms. The minimum Gasteiger partial charge on any atom is -0.393 e. The van der Waals surface area contributed by atoms with E-state index in [-0.39, 0.29) is 11.7 Å². The SMILES string of the molecule is O=c1[nH]c2ccccc2cc1CNCC1CC(O)C1. The highest BCUT2D eigenvalue weighted by molar-refractivity contribution is 5.78. The van der Waals surface area contributed by atoms with Gasteiger partial charge < -0.3 is 15.4 Å². The quantitative estimate of drug-likeness (QED) is 0.776. The molecule has 0 bridgehead atoms.